The molecule has 1 aliphatic rings. The first-order valence-corrected chi connectivity index (χ1v) is 10.5. The van der Waals surface area contributed by atoms with Gasteiger partial charge < -0.3 is 5.32 Å². The predicted octanol–water partition coefficient (Wildman–Crippen LogP) is 5.60. The van der Waals surface area contributed by atoms with E-state index in [9.17, 15) is 9.59 Å². The molecule has 0 bridgehead atoms. The van der Waals surface area contributed by atoms with Crippen molar-refractivity contribution in [3.8, 4) is 0 Å². The van der Waals surface area contributed by atoms with Crippen LogP contribution in [0.5, 0.6) is 0 Å². The van der Waals surface area contributed by atoms with Crippen molar-refractivity contribution in [2.45, 2.75) is 25.7 Å². The lowest BCUT2D eigenvalue weighted by atomic mass is 10.1. The third-order valence-corrected chi connectivity index (χ3v) is 6.20. The van der Waals surface area contributed by atoms with E-state index in [4.69, 9.17) is 0 Å². The molecule has 0 unspecified atom stereocenters. The molecule has 0 radical (unpaired) electrons. The van der Waals surface area contributed by atoms with Gasteiger partial charge in [-0.25, -0.2) is 4.90 Å². The number of aryl methyl sites for hydroxylation is 2. The number of carbonyl (C=O) groups excluding carboxylic acids is 2. The van der Waals surface area contributed by atoms with Gasteiger partial charge in [0.25, 0.3) is 11.8 Å². The van der Waals surface area contributed by atoms with Gasteiger partial charge in [-0.05, 0) is 67.8 Å². The van der Waals surface area contributed by atoms with Gasteiger partial charge in [0, 0.05) is 10.6 Å². The van der Waals surface area contributed by atoms with Crippen molar-refractivity contribution in [3.05, 3.63) is 100 Å². The minimum absolute atomic E-state index is 0.306. The Morgan fingerprint density at radius 3 is 2.27 bits per heavy atom. The monoisotopic (exact) mass is 414 g/mol. The first-order chi connectivity index (χ1) is 14.5. The first-order valence-electron chi connectivity index (χ1n) is 9.71. The fourth-order valence-corrected chi connectivity index (χ4v) is 4.33. The van der Waals surface area contributed by atoms with Gasteiger partial charge in [-0.1, -0.05) is 54.2 Å². The normalized spacial score (nSPS) is 13.9. The minimum Gasteiger partial charge on any atom is -0.350 e. The van der Waals surface area contributed by atoms with Gasteiger partial charge in [-0.15, -0.1) is 0 Å². The quantitative estimate of drug-likeness (QED) is 0.552. The summed E-state index contributed by atoms with van der Waals surface area (Å²) in [5.41, 5.74) is 4.73. The molecule has 0 atom stereocenters. The van der Waals surface area contributed by atoms with Gasteiger partial charge in [0.15, 0.2) is 0 Å². The van der Waals surface area contributed by atoms with Crippen LogP contribution in [-0.4, -0.2) is 11.8 Å². The summed E-state index contributed by atoms with van der Waals surface area (Å²) >= 11 is 1.31. The molecular formula is C25H22N2O2S. The highest BCUT2D eigenvalue weighted by molar-refractivity contribution is 8.04. The molecule has 4 rings (SSSR count). The largest absolute Gasteiger partial charge is 0.350 e. The number of hydrogen-bond acceptors (Lipinski definition) is 4. The molecule has 1 aliphatic heterocycles. The molecule has 0 saturated carbocycles. The van der Waals surface area contributed by atoms with E-state index >= 15 is 0 Å². The average molecular weight is 415 g/mol. The van der Waals surface area contributed by atoms with Gasteiger partial charge in [0.05, 0.1) is 5.69 Å². The molecule has 3 aromatic rings. The maximum absolute atomic E-state index is 13.4. The molecule has 4 nitrogen and oxygen atoms in total. The van der Waals surface area contributed by atoms with Crippen LogP contribution < -0.4 is 10.2 Å². The van der Waals surface area contributed by atoms with Crippen LogP contribution in [-0.2, 0) is 9.59 Å². The zero-order valence-electron chi connectivity index (χ0n) is 17.1. The van der Waals surface area contributed by atoms with Gasteiger partial charge in [-0.3, -0.25) is 9.59 Å². The Labute approximate surface area is 180 Å². The second-order valence-electron chi connectivity index (χ2n) is 7.28. The maximum Gasteiger partial charge on any atom is 0.283 e. The van der Waals surface area contributed by atoms with Crippen molar-refractivity contribution in [1.29, 1.82) is 0 Å². The first kappa shape index (κ1) is 20.0. The summed E-state index contributed by atoms with van der Waals surface area (Å²) in [5, 5.41) is 3.21. The number of anilines is 2. The van der Waals surface area contributed by atoms with E-state index in [1.165, 1.54) is 16.7 Å². The number of nitrogens with one attached hydrogen (secondary N) is 1. The molecule has 0 fully saturated rings. The van der Waals surface area contributed by atoms with Crippen LogP contribution in [0.25, 0.3) is 0 Å². The molecule has 2 amide bonds. The van der Waals surface area contributed by atoms with E-state index in [2.05, 4.69) is 5.32 Å². The highest BCUT2D eigenvalue weighted by Gasteiger charge is 2.40. The summed E-state index contributed by atoms with van der Waals surface area (Å²) < 4.78 is 0. The summed E-state index contributed by atoms with van der Waals surface area (Å²) in [6.07, 6.45) is 0. The van der Waals surface area contributed by atoms with Crippen LogP contribution in [0, 0.1) is 20.8 Å². The van der Waals surface area contributed by atoms with Crippen molar-refractivity contribution in [3.63, 3.8) is 0 Å². The van der Waals surface area contributed by atoms with Crippen molar-refractivity contribution >= 4 is 35.0 Å². The molecule has 30 heavy (non-hydrogen) atoms. The number of carbonyl (C=O) groups is 2. The number of amides is 2. The molecule has 0 saturated heterocycles. The predicted molar refractivity (Wildman–Crippen MR) is 123 cm³/mol. The van der Waals surface area contributed by atoms with E-state index < -0.39 is 0 Å². The van der Waals surface area contributed by atoms with Crippen LogP contribution in [0.15, 0.2) is 88.3 Å². The van der Waals surface area contributed by atoms with Crippen molar-refractivity contribution in [1.82, 2.24) is 0 Å². The van der Waals surface area contributed by atoms with E-state index in [1.54, 1.807) is 0 Å². The average Bonchev–Trinajstić information content (AvgIpc) is 2.95. The number of thioether (sulfide) groups is 1. The molecule has 0 spiro atoms. The molecule has 1 heterocycles. The number of hydrogen-bond donors (Lipinski definition) is 1. The Kier molecular flexibility index (Phi) is 5.46. The fourth-order valence-electron chi connectivity index (χ4n) is 3.38. The SMILES string of the molecule is Cc1cccc(NC2=C(Sc3ccccc3)C(=O)N(c3cccc(C)c3C)C2=O)c1. The fraction of sp³-hybridized carbons (Fsp3) is 0.120. The zero-order chi connectivity index (χ0) is 21.3. The Bertz CT molecular complexity index is 1170. The highest BCUT2D eigenvalue weighted by atomic mass is 32.2. The number of benzene rings is 3. The van der Waals surface area contributed by atoms with E-state index in [1.807, 2.05) is 93.6 Å². The molecule has 0 aromatic heterocycles. The zero-order valence-corrected chi connectivity index (χ0v) is 17.9. The second kappa shape index (κ2) is 8.20. The summed E-state index contributed by atoms with van der Waals surface area (Å²) in [5.74, 6) is -0.647. The van der Waals surface area contributed by atoms with Gasteiger partial charge in [-0.2, -0.15) is 0 Å². The summed E-state index contributed by atoms with van der Waals surface area (Å²) in [4.78, 5) is 29.5. The van der Waals surface area contributed by atoms with Gasteiger partial charge in [0.2, 0.25) is 0 Å². The van der Waals surface area contributed by atoms with Crippen LogP contribution >= 0.6 is 11.8 Å². The maximum atomic E-state index is 13.4. The Hall–Kier alpha value is -3.31. The lowest BCUT2D eigenvalue weighted by molar-refractivity contribution is -0.120. The Morgan fingerprint density at radius 2 is 1.53 bits per heavy atom. The van der Waals surface area contributed by atoms with Crippen LogP contribution in [0.2, 0.25) is 0 Å². The van der Waals surface area contributed by atoms with Crippen LogP contribution in [0.3, 0.4) is 0 Å². The lowest BCUT2D eigenvalue weighted by Gasteiger charge is -2.19. The minimum atomic E-state index is -0.339. The molecule has 150 valence electrons. The number of rotatable bonds is 5. The summed E-state index contributed by atoms with van der Waals surface area (Å²) in [6.45, 7) is 5.90. The third kappa shape index (κ3) is 3.76. The van der Waals surface area contributed by atoms with Gasteiger partial charge in [0.1, 0.15) is 10.6 Å². The molecular weight excluding hydrogens is 392 g/mol. The van der Waals surface area contributed by atoms with Crippen LogP contribution in [0.1, 0.15) is 16.7 Å². The number of nitrogens with zero attached hydrogens (tertiary/aromatic N) is 1. The van der Waals surface area contributed by atoms with Crippen molar-refractivity contribution in [2.75, 3.05) is 10.2 Å². The Morgan fingerprint density at radius 1 is 0.800 bits per heavy atom. The van der Waals surface area contributed by atoms with E-state index in [0.29, 0.717) is 16.3 Å². The number of imide groups is 1. The Balaban J connectivity index is 1.78. The molecule has 0 aliphatic carbocycles. The molecule has 5 heteroatoms. The lowest BCUT2D eigenvalue weighted by Crippen LogP contribution is -2.33. The van der Waals surface area contributed by atoms with Crippen molar-refractivity contribution in [2.24, 2.45) is 0 Å². The molecule has 1 N–H and O–H groups in total. The summed E-state index contributed by atoms with van der Waals surface area (Å²) in [7, 11) is 0. The standard InChI is InChI=1S/C25H22N2O2S/c1-16-9-7-11-19(15-16)26-22-23(30-20-12-5-4-6-13-20)25(29)27(24(22)28)21-14-8-10-17(2)18(21)3/h4-15,26H,1-3H3. The highest BCUT2D eigenvalue weighted by Crippen LogP contribution is 2.39. The van der Waals surface area contributed by atoms with E-state index in [-0.39, 0.29) is 11.8 Å². The second-order valence-corrected chi connectivity index (χ2v) is 8.36. The third-order valence-electron chi connectivity index (χ3n) is 5.11. The van der Waals surface area contributed by atoms with Crippen molar-refractivity contribution < 1.29 is 9.59 Å². The van der Waals surface area contributed by atoms with Crippen LogP contribution in [0.4, 0.5) is 11.4 Å². The van der Waals surface area contributed by atoms with E-state index in [0.717, 1.165) is 27.3 Å². The molecule has 3 aromatic carbocycles. The smallest absolute Gasteiger partial charge is 0.283 e. The van der Waals surface area contributed by atoms with Gasteiger partial charge >= 0.3 is 0 Å². The summed E-state index contributed by atoms with van der Waals surface area (Å²) in [6, 6.07) is 23.0. The topological polar surface area (TPSA) is 49.4 Å².